The number of hydrogen-bond acceptors (Lipinski definition) is 2. The van der Waals surface area contributed by atoms with Crippen molar-refractivity contribution in [3.05, 3.63) is 35.4 Å². The number of benzene rings is 1. The molecule has 0 saturated carbocycles. The lowest BCUT2D eigenvalue weighted by Gasteiger charge is -2.36. The van der Waals surface area contributed by atoms with Crippen LogP contribution in [-0.2, 0) is 0 Å². The molecule has 0 saturated heterocycles. The average Bonchev–Trinajstić information content (AvgIpc) is 2.33. The summed E-state index contributed by atoms with van der Waals surface area (Å²) in [7, 11) is 0. The molecule has 0 fully saturated rings. The molecule has 3 unspecified atom stereocenters. The van der Waals surface area contributed by atoms with Gasteiger partial charge in [-0.05, 0) is 36.3 Å². The van der Waals surface area contributed by atoms with Gasteiger partial charge in [0.05, 0.1) is 0 Å². The van der Waals surface area contributed by atoms with Crippen LogP contribution in [0.5, 0.6) is 0 Å². The molecular weight excluding hydrogens is 214 g/mol. The molecule has 0 heterocycles. The molecule has 2 heteroatoms. The van der Waals surface area contributed by atoms with Crippen molar-refractivity contribution in [1.82, 2.24) is 5.32 Å². The fourth-order valence-electron chi connectivity index (χ4n) is 2.75. The van der Waals surface area contributed by atoms with Gasteiger partial charge >= 0.3 is 0 Å². The van der Waals surface area contributed by atoms with Gasteiger partial charge in [0.15, 0.2) is 0 Å². The normalized spacial score (nSPS) is 28.8. The summed E-state index contributed by atoms with van der Waals surface area (Å²) >= 11 is 2.00. The van der Waals surface area contributed by atoms with Crippen molar-refractivity contribution in [1.29, 1.82) is 0 Å². The van der Waals surface area contributed by atoms with Crippen LogP contribution in [0.1, 0.15) is 43.4 Å². The Morgan fingerprint density at radius 1 is 1.31 bits per heavy atom. The Bertz CT molecular complexity index is 350. The standard InChI is InChI=1S/C14H21NS/c1-4-15-14-12-8-6-5-7-11(12)10(2)9-13(14)16-3/h5-8,10,13-15H,4,9H2,1-3H3. The first kappa shape index (κ1) is 12.0. The molecule has 0 aliphatic heterocycles. The molecule has 0 aromatic heterocycles. The molecule has 1 N–H and O–H groups in total. The van der Waals surface area contributed by atoms with Crippen molar-refractivity contribution in [3.8, 4) is 0 Å². The topological polar surface area (TPSA) is 12.0 Å². The maximum Gasteiger partial charge on any atom is 0.0443 e. The van der Waals surface area contributed by atoms with E-state index in [4.69, 9.17) is 0 Å². The molecule has 1 aliphatic carbocycles. The van der Waals surface area contributed by atoms with Gasteiger partial charge in [-0.1, -0.05) is 38.1 Å². The molecule has 1 nitrogen and oxygen atoms in total. The van der Waals surface area contributed by atoms with E-state index in [0.717, 1.165) is 6.54 Å². The third-order valence-electron chi connectivity index (χ3n) is 3.55. The molecule has 3 atom stereocenters. The van der Waals surface area contributed by atoms with Crippen LogP contribution >= 0.6 is 11.8 Å². The summed E-state index contributed by atoms with van der Waals surface area (Å²) in [5, 5.41) is 4.35. The first-order valence-corrected chi connectivity index (χ1v) is 7.41. The fourth-order valence-corrected chi connectivity index (χ4v) is 3.74. The van der Waals surface area contributed by atoms with Crippen LogP contribution in [0.2, 0.25) is 0 Å². The van der Waals surface area contributed by atoms with Gasteiger partial charge < -0.3 is 5.32 Å². The van der Waals surface area contributed by atoms with Gasteiger partial charge in [0.2, 0.25) is 0 Å². The lowest BCUT2D eigenvalue weighted by atomic mass is 9.80. The quantitative estimate of drug-likeness (QED) is 0.859. The average molecular weight is 235 g/mol. The maximum absolute atomic E-state index is 3.64. The van der Waals surface area contributed by atoms with Crippen molar-refractivity contribution in [2.75, 3.05) is 12.8 Å². The van der Waals surface area contributed by atoms with E-state index in [0.29, 0.717) is 17.2 Å². The van der Waals surface area contributed by atoms with Gasteiger partial charge in [-0.15, -0.1) is 0 Å². The van der Waals surface area contributed by atoms with E-state index in [2.05, 4.69) is 49.7 Å². The first-order chi connectivity index (χ1) is 7.77. The van der Waals surface area contributed by atoms with Gasteiger partial charge in [0, 0.05) is 11.3 Å². The number of hydrogen-bond donors (Lipinski definition) is 1. The zero-order chi connectivity index (χ0) is 11.5. The predicted molar refractivity (Wildman–Crippen MR) is 73.2 cm³/mol. The Labute approximate surface area is 103 Å². The van der Waals surface area contributed by atoms with E-state index in [9.17, 15) is 0 Å². The SMILES string of the molecule is CCNC1c2ccccc2C(C)CC1SC. The largest absolute Gasteiger partial charge is 0.309 e. The number of thioether (sulfide) groups is 1. The van der Waals surface area contributed by atoms with Gasteiger partial charge in [0.1, 0.15) is 0 Å². The molecule has 0 amide bonds. The lowest BCUT2D eigenvalue weighted by molar-refractivity contribution is 0.454. The summed E-state index contributed by atoms with van der Waals surface area (Å²) in [5.74, 6) is 0.698. The van der Waals surface area contributed by atoms with E-state index in [1.54, 1.807) is 5.56 Å². The van der Waals surface area contributed by atoms with Crippen molar-refractivity contribution >= 4 is 11.8 Å². The summed E-state index contributed by atoms with van der Waals surface area (Å²) < 4.78 is 0. The highest BCUT2D eigenvalue weighted by Gasteiger charge is 2.31. The molecular formula is C14H21NS. The molecule has 2 rings (SSSR count). The minimum atomic E-state index is 0.535. The summed E-state index contributed by atoms with van der Waals surface area (Å²) in [5.41, 5.74) is 3.06. The van der Waals surface area contributed by atoms with Crippen LogP contribution in [0, 0.1) is 0 Å². The Kier molecular flexibility index (Phi) is 3.93. The highest BCUT2D eigenvalue weighted by molar-refractivity contribution is 7.99. The Balaban J connectivity index is 2.37. The van der Waals surface area contributed by atoms with E-state index in [1.165, 1.54) is 12.0 Å². The Hall–Kier alpha value is -0.470. The van der Waals surface area contributed by atoms with E-state index >= 15 is 0 Å². The minimum Gasteiger partial charge on any atom is -0.309 e. The second-order valence-electron chi connectivity index (χ2n) is 4.58. The van der Waals surface area contributed by atoms with Gasteiger partial charge in [-0.3, -0.25) is 0 Å². The summed E-state index contributed by atoms with van der Waals surface area (Å²) in [6.45, 7) is 5.59. The van der Waals surface area contributed by atoms with E-state index < -0.39 is 0 Å². The van der Waals surface area contributed by atoms with Crippen LogP contribution in [0.25, 0.3) is 0 Å². The zero-order valence-electron chi connectivity index (χ0n) is 10.4. The molecule has 0 bridgehead atoms. The molecule has 0 radical (unpaired) electrons. The van der Waals surface area contributed by atoms with Crippen molar-refractivity contribution in [2.45, 2.75) is 37.5 Å². The fraction of sp³-hybridized carbons (Fsp3) is 0.571. The highest BCUT2D eigenvalue weighted by Crippen LogP contribution is 2.41. The van der Waals surface area contributed by atoms with E-state index in [1.807, 2.05) is 11.8 Å². The smallest absolute Gasteiger partial charge is 0.0443 e. The molecule has 16 heavy (non-hydrogen) atoms. The second kappa shape index (κ2) is 5.24. The predicted octanol–water partition coefficient (Wildman–Crippen LogP) is 3.58. The third-order valence-corrected chi connectivity index (χ3v) is 4.62. The number of rotatable bonds is 3. The van der Waals surface area contributed by atoms with Crippen molar-refractivity contribution < 1.29 is 0 Å². The first-order valence-electron chi connectivity index (χ1n) is 6.13. The van der Waals surface area contributed by atoms with Crippen LogP contribution in [0.15, 0.2) is 24.3 Å². The third kappa shape index (κ3) is 2.14. The number of fused-ring (bicyclic) bond motifs is 1. The van der Waals surface area contributed by atoms with Crippen LogP contribution in [0.4, 0.5) is 0 Å². The second-order valence-corrected chi connectivity index (χ2v) is 5.65. The summed E-state index contributed by atoms with van der Waals surface area (Å²) in [6.07, 6.45) is 3.52. The van der Waals surface area contributed by atoms with Crippen LogP contribution < -0.4 is 5.32 Å². The Morgan fingerprint density at radius 2 is 2.00 bits per heavy atom. The van der Waals surface area contributed by atoms with E-state index in [-0.39, 0.29) is 0 Å². The Morgan fingerprint density at radius 3 is 2.62 bits per heavy atom. The molecule has 1 aliphatic rings. The zero-order valence-corrected chi connectivity index (χ0v) is 11.2. The van der Waals surface area contributed by atoms with Crippen LogP contribution in [0.3, 0.4) is 0 Å². The summed E-state index contributed by atoms with van der Waals surface area (Å²) in [4.78, 5) is 0. The molecule has 1 aromatic carbocycles. The minimum absolute atomic E-state index is 0.535. The van der Waals surface area contributed by atoms with Gasteiger partial charge in [0.25, 0.3) is 0 Å². The molecule has 1 aromatic rings. The van der Waals surface area contributed by atoms with Gasteiger partial charge in [-0.2, -0.15) is 11.8 Å². The van der Waals surface area contributed by atoms with Crippen molar-refractivity contribution in [2.24, 2.45) is 0 Å². The summed E-state index contributed by atoms with van der Waals surface area (Å²) in [6, 6.07) is 9.45. The highest BCUT2D eigenvalue weighted by atomic mass is 32.2. The van der Waals surface area contributed by atoms with Gasteiger partial charge in [-0.25, -0.2) is 0 Å². The molecule has 0 spiro atoms. The lowest BCUT2D eigenvalue weighted by Crippen LogP contribution is -2.35. The number of nitrogens with one attached hydrogen (secondary N) is 1. The monoisotopic (exact) mass is 235 g/mol. The van der Waals surface area contributed by atoms with Crippen molar-refractivity contribution in [3.63, 3.8) is 0 Å². The van der Waals surface area contributed by atoms with Crippen LogP contribution in [-0.4, -0.2) is 18.1 Å². The molecule has 88 valence electrons. The maximum atomic E-state index is 3.64.